The van der Waals surface area contributed by atoms with Gasteiger partial charge in [0.2, 0.25) is 5.91 Å². The molecule has 0 aliphatic heterocycles. The monoisotopic (exact) mass is 297 g/mol. The molecular formula is C15H20ClNO3. The summed E-state index contributed by atoms with van der Waals surface area (Å²) in [6, 6.07) is 7.12. The second kappa shape index (κ2) is 6.75. The minimum atomic E-state index is -0.895. The van der Waals surface area contributed by atoms with E-state index < -0.39 is 11.4 Å². The van der Waals surface area contributed by atoms with Gasteiger partial charge in [-0.15, -0.1) is 0 Å². The van der Waals surface area contributed by atoms with Crippen molar-refractivity contribution in [3.05, 3.63) is 34.9 Å². The zero-order chi connectivity index (χ0) is 15.3. The molecule has 1 rings (SSSR count). The van der Waals surface area contributed by atoms with E-state index >= 15 is 0 Å². The van der Waals surface area contributed by atoms with Crippen LogP contribution in [-0.2, 0) is 9.59 Å². The lowest BCUT2D eigenvalue weighted by molar-refractivity contribution is -0.139. The molecule has 1 amide bonds. The van der Waals surface area contributed by atoms with E-state index in [4.69, 9.17) is 16.7 Å². The number of hydrogen-bond donors (Lipinski definition) is 2. The van der Waals surface area contributed by atoms with Crippen LogP contribution in [0.15, 0.2) is 24.3 Å². The Morgan fingerprint density at radius 2 is 1.80 bits per heavy atom. The molecular weight excluding hydrogens is 278 g/mol. The van der Waals surface area contributed by atoms with E-state index in [0.717, 1.165) is 5.56 Å². The molecule has 20 heavy (non-hydrogen) atoms. The molecule has 0 unspecified atom stereocenters. The van der Waals surface area contributed by atoms with Crippen LogP contribution in [0.4, 0.5) is 0 Å². The van der Waals surface area contributed by atoms with Crippen molar-refractivity contribution in [2.45, 2.75) is 39.7 Å². The standard InChI is InChI=1S/C15H20ClNO3/c1-10(11-4-6-12(16)7-5-11)17-13(18)8-15(2,3)9-14(19)20/h4-7,10H,8-9H2,1-3H3,(H,17,18)(H,19,20)/t10-/m1/s1. The van der Waals surface area contributed by atoms with Crippen LogP contribution in [0, 0.1) is 5.41 Å². The van der Waals surface area contributed by atoms with Crippen LogP contribution in [-0.4, -0.2) is 17.0 Å². The normalized spacial score (nSPS) is 12.8. The summed E-state index contributed by atoms with van der Waals surface area (Å²) in [7, 11) is 0. The van der Waals surface area contributed by atoms with Gasteiger partial charge in [-0.05, 0) is 30.0 Å². The van der Waals surface area contributed by atoms with Gasteiger partial charge in [0.05, 0.1) is 12.5 Å². The first-order valence-electron chi connectivity index (χ1n) is 6.46. The average Bonchev–Trinajstić information content (AvgIpc) is 2.26. The maximum absolute atomic E-state index is 12.0. The predicted molar refractivity (Wildman–Crippen MR) is 78.7 cm³/mol. The first-order valence-corrected chi connectivity index (χ1v) is 6.84. The average molecular weight is 298 g/mol. The molecule has 0 aliphatic carbocycles. The maximum Gasteiger partial charge on any atom is 0.303 e. The third kappa shape index (κ3) is 5.61. The fourth-order valence-electron chi connectivity index (χ4n) is 2.03. The first kappa shape index (κ1) is 16.5. The summed E-state index contributed by atoms with van der Waals surface area (Å²) in [5.41, 5.74) is 0.397. The summed E-state index contributed by atoms with van der Waals surface area (Å²) in [5.74, 6) is -1.05. The second-order valence-electron chi connectivity index (χ2n) is 5.75. The zero-order valence-corrected chi connectivity index (χ0v) is 12.7. The summed E-state index contributed by atoms with van der Waals surface area (Å²) in [6.45, 7) is 5.42. The lowest BCUT2D eigenvalue weighted by atomic mass is 9.85. The molecule has 0 aliphatic rings. The molecule has 0 radical (unpaired) electrons. The van der Waals surface area contributed by atoms with Gasteiger partial charge in [-0.25, -0.2) is 0 Å². The Labute approximate surface area is 124 Å². The molecule has 110 valence electrons. The smallest absolute Gasteiger partial charge is 0.303 e. The summed E-state index contributed by atoms with van der Waals surface area (Å²) in [6.07, 6.45) is 0.146. The van der Waals surface area contributed by atoms with Gasteiger partial charge in [0, 0.05) is 11.4 Å². The molecule has 4 nitrogen and oxygen atoms in total. The van der Waals surface area contributed by atoms with Gasteiger partial charge in [-0.1, -0.05) is 37.6 Å². The largest absolute Gasteiger partial charge is 0.481 e. The lowest BCUT2D eigenvalue weighted by Crippen LogP contribution is -2.31. The maximum atomic E-state index is 12.0. The number of carboxylic acid groups (broad SMARTS) is 1. The van der Waals surface area contributed by atoms with Gasteiger partial charge in [0.25, 0.3) is 0 Å². The number of carboxylic acids is 1. The molecule has 0 bridgehead atoms. The van der Waals surface area contributed by atoms with Crippen molar-refractivity contribution in [2.24, 2.45) is 5.41 Å². The molecule has 1 atom stereocenters. The minimum Gasteiger partial charge on any atom is -0.481 e. The molecule has 0 aromatic heterocycles. The van der Waals surface area contributed by atoms with Crippen LogP contribution in [0.2, 0.25) is 5.02 Å². The van der Waals surface area contributed by atoms with Crippen molar-refractivity contribution in [3.8, 4) is 0 Å². The Kier molecular flexibility index (Phi) is 5.57. The van der Waals surface area contributed by atoms with Gasteiger partial charge in [0.1, 0.15) is 0 Å². The number of hydrogen-bond acceptors (Lipinski definition) is 2. The van der Waals surface area contributed by atoms with Gasteiger partial charge in [0.15, 0.2) is 0 Å². The van der Waals surface area contributed by atoms with Gasteiger partial charge in [-0.2, -0.15) is 0 Å². The lowest BCUT2D eigenvalue weighted by Gasteiger charge is -2.23. The summed E-state index contributed by atoms with van der Waals surface area (Å²) >= 11 is 5.81. The third-order valence-corrected chi connectivity index (χ3v) is 3.27. The Morgan fingerprint density at radius 3 is 2.30 bits per heavy atom. The third-order valence-electron chi connectivity index (χ3n) is 3.02. The van der Waals surface area contributed by atoms with Crippen molar-refractivity contribution in [1.29, 1.82) is 0 Å². The van der Waals surface area contributed by atoms with E-state index in [1.54, 1.807) is 26.0 Å². The zero-order valence-electron chi connectivity index (χ0n) is 11.9. The molecule has 0 spiro atoms. The molecule has 0 saturated carbocycles. The van der Waals surface area contributed by atoms with E-state index in [2.05, 4.69) is 5.32 Å². The topological polar surface area (TPSA) is 66.4 Å². The van der Waals surface area contributed by atoms with Crippen LogP contribution in [0.1, 0.15) is 45.2 Å². The molecule has 2 N–H and O–H groups in total. The van der Waals surface area contributed by atoms with Crippen LogP contribution < -0.4 is 5.32 Å². The minimum absolute atomic E-state index is 0.0320. The van der Waals surface area contributed by atoms with E-state index in [0.29, 0.717) is 5.02 Å². The van der Waals surface area contributed by atoms with Crippen LogP contribution in [0.5, 0.6) is 0 Å². The van der Waals surface area contributed by atoms with Crippen molar-refractivity contribution in [1.82, 2.24) is 5.32 Å². The molecule has 0 saturated heterocycles. The number of halogens is 1. The summed E-state index contributed by atoms with van der Waals surface area (Å²) < 4.78 is 0. The van der Waals surface area contributed by atoms with Crippen molar-refractivity contribution in [3.63, 3.8) is 0 Å². The van der Waals surface area contributed by atoms with Crippen LogP contribution >= 0.6 is 11.6 Å². The quantitative estimate of drug-likeness (QED) is 0.845. The number of amides is 1. The summed E-state index contributed by atoms with van der Waals surface area (Å²) in [5, 5.41) is 12.3. The molecule has 1 aromatic rings. The molecule has 0 fully saturated rings. The number of rotatable bonds is 6. The highest BCUT2D eigenvalue weighted by Crippen LogP contribution is 2.25. The Morgan fingerprint density at radius 1 is 1.25 bits per heavy atom. The van der Waals surface area contributed by atoms with Gasteiger partial charge < -0.3 is 10.4 Å². The Bertz CT molecular complexity index is 482. The fraction of sp³-hybridized carbons (Fsp3) is 0.467. The summed E-state index contributed by atoms with van der Waals surface area (Å²) in [4.78, 5) is 22.7. The van der Waals surface area contributed by atoms with E-state index in [-0.39, 0.29) is 24.8 Å². The Balaban J connectivity index is 2.57. The number of nitrogens with one attached hydrogen (secondary N) is 1. The van der Waals surface area contributed by atoms with E-state index in [1.807, 2.05) is 19.1 Å². The highest BCUT2D eigenvalue weighted by atomic mass is 35.5. The number of carbonyl (C=O) groups excluding carboxylic acids is 1. The highest BCUT2D eigenvalue weighted by Gasteiger charge is 2.25. The Hall–Kier alpha value is -1.55. The number of benzene rings is 1. The van der Waals surface area contributed by atoms with E-state index in [1.165, 1.54) is 0 Å². The SMILES string of the molecule is C[C@@H](NC(=O)CC(C)(C)CC(=O)O)c1ccc(Cl)cc1. The number of carbonyl (C=O) groups is 2. The van der Waals surface area contributed by atoms with Gasteiger partial charge >= 0.3 is 5.97 Å². The fourth-order valence-corrected chi connectivity index (χ4v) is 2.16. The van der Waals surface area contributed by atoms with Crippen molar-refractivity contribution >= 4 is 23.5 Å². The molecule has 0 heterocycles. The van der Waals surface area contributed by atoms with Crippen LogP contribution in [0.3, 0.4) is 0 Å². The second-order valence-corrected chi connectivity index (χ2v) is 6.19. The molecule has 5 heteroatoms. The van der Waals surface area contributed by atoms with Gasteiger partial charge in [-0.3, -0.25) is 9.59 Å². The predicted octanol–water partition coefficient (Wildman–Crippen LogP) is 3.41. The van der Waals surface area contributed by atoms with Crippen molar-refractivity contribution < 1.29 is 14.7 Å². The number of aliphatic carboxylic acids is 1. The van der Waals surface area contributed by atoms with Crippen LogP contribution in [0.25, 0.3) is 0 Å². The van der Waals surface area contributed by atoms with Crippen molar-refractivity contribution in [2.75, 3.05) is 0 Å². The molecule has 1 aromatic carbocycles. The first-order chi connectivity index (χ1) is 9.19. The highest BCUT2D eigenvalue weighted by molar-refractivity contribution is 6.30. The van der Waals surface area contributed by atoms with E-state index in [9.17, 15) is 9.59 Å².